The fourth-order valence-corrected chi connectivity index (χ4v) is 2.99. The number of nitrogens with two attached hydrogens (primary N) is 1. The van der Waals surface area contributed by atoms with Crippen molar-refractivity contribution in [3.05, 3.63) is 29.1 Å². The minimum atomic E-state index is 0.458. The summed E-state index contributed by atoms with van der Waals surface area (Å²) in [5.74, 6) is 1.42. The Morgan fingerprint density at radius 3 is 2.55 bits per heavy atom. The molecule has 0 atom stereocenters. The maximum Gasteiger partial charge on any atom is 0.159 e. The van der Waals surface area contributed by atoms with E-state index in [1.807, 2.05) is 10.7 Å². The van der Waals surface area contributed by atoms with Gasteiger partial charge < -0.3 is 5.73 Å². The van der Waals surface area contributed by atoms with Crippen LogP contribution >= 0.6 is 0 Å². The van der Waals surface area contributed by atoms with Crippen molar-refractivity contribution in [1.82, 2.24) is 20.2 Å². The zero-order valence-electron chi connectivity index (χ0n) is 12.1. The van der Waals surface area contributed by atoms with Gasteiger partial charge >= 0.3 is 0 Å². The van der Waals surface area contributed by atoms with Crippen molar-refractivity contribution in [3.63, 3.8) is 0 Å². The second-order valence-corrected chi connectivity index (χ2v) is 5.78. The lowest BCUT2D eigenvalue weighted by Gasteiger charge is -2.21. The number of tetrazole rings is 1. The number of hydrogen-bond acceptors (Lipinski definition) is 4. The summed E-state index contributed by atoms with van der Waals surface area (Å²) in [5, 5.41) is 12.3. The summed E-state index contributed by atoms with van der Waals surface area (Å²) in [6.07, 6.45) is 6.19. The van der Waals surface area contributed by atoms with Gasteiger partial charge in [-0.15, -0.1) is 5.10 Å². The molecular weight excluding hydrogens is 250 g/mol. The molecule has 0 radical (unpaired) electrons. The lowest BCUT2D eigenvalue weighted by atomic mass is 9.88. The van der Waals surface area contributed by atoms with Crippen LogP contribution in [0, 0.1) is 13.8 Å². The van der Waals surface area contributed by atoms with Gasteiger partial charge in [-0.3, -0.25) is 0 Å². The largest absolute Gasteiger partial charge is 0.397 e. The third-order valence-electron chi connectivity index (χ3n) is 4.34. The molecule has 0 aliphatic heterocycles. The molecule has 2 N–H and O–H groups in total. The first-order valence-electron chi connectivity index (χ1n) is 7.32. The highest BCUT2D eigenvalue weighted by molar-refractivity contribution is 5.61. The van der Waals surface area contributed by atoms with Crippen LogP contribution in [0.2, 0.25) is 0 Å². The minimum absolute atomic E-state index is 0.458. The zero-order valence-corrected chi connectivity index (χ0v) is 12.1. The average molecular weight is 271 g/mol. The van der Waals surface area contributed by atoms with Gasteiger partial charge in [0.1, 0.15) is 0 Å². The van der Waals surface area contributed by atoms with Crippen molar-refractivity contribution in [2.24, 2.45) is 0 Å². The summed E-state index contributed by atoms with van der Waals surface area (Å²) < 4.78 is 1.83. The van der Waals surface area contributed by atoms with Gasteiger partial charge in [0.05, 0.1) is 11.4 Å². The number of nitrogens with zero attached hydrogens (tertiary/aromatic N) is 4. The molecule has 5 nitrogen and oxygen atoms in total. The molecule has 2 aromatic rings. The predicted octanol–water partition coefficient (Wildman–Crippen LogP) is 2.91. The molecule has 106 valence electrons. The zero-order chi connectivity index (χ0) is 14.1. The molecule has 0 bridgehead atoms. The molecule has 1 aliphatic rings. The molecule has 1 aromatic carbocycles. The average Bonchev–Trinajstić information content (AvgIpc) is 2.93. The van der Waals surface area contributed by atoms with Gasteiger partial charge in [0.2, 0.25) is 0 Å². The van der Waals surface area contributed by atoms with E-state index in [4.69, 9.17) is 5.73 Å². The van der Waals surface area contributed by atoms with Gasteiger partial charge in [-0.2, -0.15) is 4.68 Å². The Bertz CT molecular complexity index is 611. The Hall–Kier alpha value is -1.91. The summed E-state index contributed by atoms with van der Waals surface area (Å²) >= 11 is 0. The van der Waals surface area contributed by atoms with E-state index in [-0.39, 0.29) is 0 Å². The van der Waals surface area contributed by atoms with Crippen LogP contribution in [0.1, 0.15) is 55.0 Å². The molecule has 1 heterocycles. The summed E-state index contributed by atoms with van der Waals surface area (Å²) in [4.78, 5) is 0. The minimum Gasteiger partial charge on any atom is -0.397 e. The van der Waals surface area contributed by atoms with Gasteiger partial charge in [0.15, 0.2) is 5.82 Å². The third-order valence-corrected chi connectivity index (χ3v) is 4.34. The van der Waals surface area contributed by atoms with Gasteiger partial charge in [-0.25, -0.2) is 0 Å². The fraction of sp³-hybridized carbons (Fsp3) is 0.533. The number of rotatable bonds is 2. The second kappa shape index (κ2) is 5.23. The van der Waals surface area contributed by atoms with Crippen LogP contribution in [0.5, 0.6) is 0 Å². The van der Waals surface area contributed by atoms with Crippen molar-refractivity contribution in [2.75, 3.05) is 5.73 Å². The molecule has 1 fully saturated rings. The molecular formula is C15H21N5. The normalized spacial score (nSPS) is 16.5. The Balaban J connectivity index is 2.03. The molecule has 0 amide bonds. The summed E-state index contributed by atoms with van der Waals surface area (Å²) in [5.41, 5.74) is 10.2. The highest BCUT2D eigenvalue weighted by Crippen LogP contribution is 2.33. The second-order valence-electron chi connectivity index (χ2n) is 5.78. The smallest absolute Gasteiger partial charge is 0.159 e. The van der Waals surface area contributed by atoms with Crippen LogP contribution in [0.3, 0.4) is 0 Å². The van der Waals surface area contributed by atoms with Crippen LogP contribution in [-0.2, 0) is 0 Å². The molecule has 0 saturated heterocycles. The Morgan fingerprint density at radius 1 is 1.10 bits per heavy atom. The van der Waals surface area contributed by atoms with E-state index >= 15 is 0 Å². The first kappa shape index (κ1) is 13.1. The maximum atomic E-state index is 6.16. The molecule has 1 saturated carbocycles. The number of hydrogen-bond donors (Lipinski definition) is 1. The summed E-state index contributed by atoms with van der Waals surface area (Å²) in [6.45, 7) is 4.15. The Kier molecular flexibility index (Phi) is 3.42. The van der Waals surface area contributed by atoms with Crippen LogP contribution in [0.4, 0.5) is 5.69 Å². The summed E-state index contributed by atoms with van der Waals surface area (Å²) in [7, 11) is 0. The van der Waals surface area contributed by atoms with Gasteiger partial charge in [-0.1, -0.05) is 19.3 Å². The highest BCUT2D eigenvalue weighted by atomic mass is 15.5. The van der Waals surface area contributed by atoms with E-state index in [0.717, 1.165) is 17.2 Å². The van der Waals surface area contributed by atoms with Crippen molar-refractivity contribution < 1.29 is 0 Å². The molecule has 20 heavy (non-hydrogen) atoms. The van der Waals surface area contributed by atoms with E-state index in [9.17, 15) is 0 Å². The van der Waals surface area contributed by atoms with E-state index in [0.29, 0.717) is 5.92 Å². The number of aromatic nitrogens is 4. The third kappa shape index (κ3) is 2.28. The SMILES string of the molecule is Cc1cc(N)c(-n2nnnc2C2CCCCC2)cc1C. The van der Waals surface area contributed by atoms with Crippen LogP contribution in [-0.4, -0.2) is 20.2 Å². The highest BCUT2D eigenvalue weighted by Gasteiger charge is 2.23. The van der Waals surface area contributed by atoms with Crippen molar-refractivity contribution in [1.29, 1.82) is 0 Å². The lowest BCUT2D eigenvalue weighted by Crippen LogP contribution is -2.13. The topological polar surface area (TPSA) is 69.6 Å². The Labute approximate surface area is 119 Å². The van der Waals surface area contributed by atoms with Crippen molar-refractivity contribution in [3.8, 4) is 5.69 Å². The van der Waals surface area contributed by atoms with Gasteiger partial charge in [-0.05, 0) is 60.4 Å². The van der Waals surface area contributed by atoms with E-state index in [2.05, 4.69) is 35.4 Å². The lowest BCUT2D eigenvalue weighted by molar-refractivity contribution is 0.422. The van der Waals surface area contributed by atoms with Gasteiger partial charge in [0.25, 0.3) is 0 Å². The number of anilines is 1. The van der Waals surface area contributed by atoms with Crippen molar-refractivity contribution in [2.45, 2.75) is 51.9 Å². The summed E-state index contributed by atoms with van der Waals surface area (Å²) in [6, 6.07) is 4.07. The van der Waals surface area contributed by atoms with E-state index in [1.165, 1.54) is 43.2 Å². The first-order chi connectivity index (χ1) is 9.66. The first-order valence-corrected chi connectivity index (χ1v) is 7.32. The fourth-order valence-electron chi connectivity index (χ4n) is 2.99. The molecule has 5 heteroatoms. The monoisotopic (exact) mass is 271 g/mol. The molecule has 0 unspecified atom stereocenters. The van der Waals surface area contributed by atoms with Crippen LogP contribution < -0.4 is 5.73 Å². The van der Waals surface area contributed by atoms with E-state index < -0.39 is 0 Å². The van der Waals surface area contributed by atoms with Crippen molar-refractivity contribution >= 4 is 5.69 Å². The van der Waals surface area contributed by atoms with Crippen LogP contribution in [0.15, 0.2) is 12.1 Å². The van der Waals surface area contributed by atoms with Crippen LogP contribution in [0.25, 0.3) is 5.69 Å². The molecule has 1 aliphatic carbocycles. The quantitative estimate of drug-likeness (QED) is 0.853. The molecule has 0 spiro atoms. The molecule has 1 aromatic heterocycles. The number of nitrogen functional groups attached to an aromatic ring is 1. The number of aryl methyl sites for hydroxylation is 2. The Morgan fingerprint density at radius 2 is 1.80 bits per heavy atom. The standard InChI is InChI=1S/C15H21N5/c1-10-8-13(16)14(9-11(10)2)20-15(17-18-19-20)12-6-4-3-5-7-12/h8-9,12H,3-7,16H2,1-2H3. The maximum absolute atomic E-state index is 6.16. The number of benzene rings is 1. The van der Waals surface area contributed by atoms with Gasteiger partial charge in [0, 0.05) is 5.92 Å². The predicted molar refractivity (Wildman–Crippen MR) is 78.9 cm³/mol. The van der Waals surface area contributed by atoms with E-state index in [1.54, 1.807) is 0 Å². The molecule has 3 rings (SSSR count).